The highest BCUT2D eigenvalue weighted by Crippen LogP contribution is 2.32. The number of aliphatic hydroxyl groups excluding tert-OH is 2. The van der Waals surface area contributed by atoms with Crippen molar-refractivity contribution in [3.8, 4) is 0 Å². The molecule has 0 radical (unpaired) electrons. The molecule has 3 aromatic rings. The normalized spacial score (nSPS) is 16.3. The molecule has 184 valence electrons. The summed E-state index contributed by atoms with van der Waals surface area (Å²) in [6.45, 7) is -0.182. The molecule has 1 unspecified atom stereocenters. The Morgan fingerprint density at radius 1 is 1.29 bits per heavy atom. The Hall–Kier alpha value is -2.93. The van der Waals surface area contributed by atoms with E-state index in [4.69, 9.17) is 16.7 Å². The summed E-state index contributed by atoms with van der Waals surface area (Å²) in [7, 11) is 1.67. The van der Waals surface area contributed by atoms with Crippen molar-refractivity contribution in [3.63, 3.8) is 0 Å². The summed E-state index contributed by atoms with van der Waals surface area (Å²) in [5.74, 6) is -0.408. The van der Waals surface area contributed by atoms with Crippen LogP contribution < -0.4 is 0 Å². The number of aliphatic hydroxyl groups is 2. The second kappa shape index (κ2) is 9.97. The largest absolute Gasteiger partial charge is 0.417 e. The van der Waals surface area contributed by atoms with Crippen molar-refractivity contribution in [2.75, 3.05) is 20.2 Å². The average Bonchev–Trinajstić information content (AvgIpc) is 3.37. The van der Waals surface area contributed by atoms with Crippen LogP contribution in [0, 0.1) is 0 Å². The number of amides is 1. The third kappa shape index (κ3) is 5.67. The Balaban J connectivity index is 1.51. The predicted molar refractivity (Wildman–Crippen MR) is 127 cm³/mol. The second-order valence-electron chi connectivity index (χ2n) is 7.80. The van der Waals surface area contributed by atoms with Crippen molar-refractivity contribution >= 4 is 51.4 Å². The highest BCUT2D eigenvalue weighted by molar-refractivity contribution is 8.18. The Bertz CT molecular complexity index is 1340. The van der Waals surface area contributed by atoms with Gasteiger partial charge >= 0.3 is 6.18 Å². The fourth-order valence-electron chi connectivity index (χ4n) is 3.37. The number of thioether (sulfide) groups is 1. The molecule has 2 aromatic heterocycles. The topological polar surface area (TPSA) is 104 Å². The van der Waals surface area contributed by atoms with Gasteiger partial charge in [0.2, 0.25) is 0 Å². The molecule has 0 saturated heterocycles. The quantitative estimate of drug-likeness (QED) is 0.475. The van der Waals surface area contributed by atoms with Crippen LogP contribution in [0.5, 0.6) is 0 Å². The van der Waals surface area contributed by atoms with E-state index < -0.39 is 30.4 Å². The van der Waals surface area contributed by atoms with E-state index in [1.54, 1.807) is 41.0 Å². The van der Waals surface area contributed by atoms with Crippen LogP contribution in [0.15, 0.2) is 46.6 Å². The number of aromatic nitrogens is 3. The van der Waals surface area contributed by atoms with Gasteiger partial charge in [-0.1, -0.05) is 17.7 Å². The summed E-state index contributed by atoms with van der Waals surface area (Å²) in [5.41, 5.74) is 0.776. The van der Waals surface area contributed by atoms with E-state index in [0.29, 0.717) is 15.6 Å². The number of fused-ring (bicyclic) bond motifs is 1. The molecular formula is C22H19ClF3N5O3S. The van der Waals surface area contributed by atoms with Gasteiger partial charge in [-0.05, 0) is 41.6 Å². The number of benzene rings is 1. The number of likely N-dealkylation sites (N-methyl/N-ethyl adjacent to an activating group) is 1. The number of aliphatic imine (C=N–C) groups is 1. The van der Waals surface area contributed by atoms with Crippen molar-refractivity contribution in [3.05, 3.63) is 63.4 Å². The molecule has 0 fully saturated rings. The summed E-state index contributed by atoms with van der Waals surface area (Å²) >= 11 is 7.18. The van der Waals surface area contributed by atoms with E-state index in [1.165, 1.54) is 0 Å². The lowest BCUT2D eigenvalue weighted by Gasteiger charge is -2.19. The first-order valence-corrected chi connectivity index (χ1v) is 11.4. The molecule has 35 heavy (non-hydrogen) atoms. The van der Waals surface area contributed by atoms with E-state index >= 15 is 0 Å². The number of rotatable bonds is 6. The highest BCUT2D eigenvalue weighted by atomic mass is 35.5. The van der Waals surface area contributed by atoms with Crippen LogP contribution in [0.1, 0.15) is 16.8 Å². The second-order valence-corrected chi connectivity index (χ2v) is 9.21. The minimum absolute atomic E-state index is 0.0818. The van der Waals surface area contributed by atoms with Crippen LogP contribution in [-0.4, -0.2) is 67.3 Å². The third-order valence-electron chi connectivity index (χ3n) is 5.14. The van der Waals surface area contributed by atoms with Gasteiger partial charge in [0, 0.05) is 25.2 Å². The summed E-state index contributed by atoms with van der Waals surface area (Å²) in [6.07, 6.45) is -1.45. The first-order valence-electron chi connectivity index (χ1n) is 10.2. The number of amidine groups is 1. The molecule has 3 heterocycles. The fraction of sp³-hybridized carbons (Fsp3) is 0.273. The third-order valence-corrected chi connectivity index (χ3v) is 6.56. The van der Waals surface area contributed by atoms with Gasteiger partial charge in [0.15, 0.2) is 5.17 Å². The number of carbonyl (C=O) groups is 1. The number of alkyl halides is 3. The molecule has 1 aliphatic heterocycles. The highest BCUT2D eigenvalue weighted by Gasteiger charge is 2.31. The van der Waals surface area contributed by atoms with E-state index in [1.807, 2.05) is 6.07 Å². The molecular weight excluding hydrogens is 507 g/mol. The van der Waals surface area contributed by atoms with Crippen molar-refractivity contribution in [1.29, 1.82) is 0 Å². The zero-order valence-electron chi connectivity index (χ0n) is 18.2. The maximum absolute atomic E-state index is 12.8. The molecule has 1 atom stereocenters. The van der Waals surface area contributed by atoms with Gasteiger partial charge in [-0.25, -0.2) is 0 Å². The van der Waals surface area contributed by atoms with Crippen molar-refractivity contribution < 1.29 is 28.2 Å². The van der Waals surface area contributed by atoms with Crippen LogP contribution in [0.3, 0.4) is 0 Å². The molecule has 1 aliphatic rings. The summed E-state index contributed by atoms with van der Waals surface area (Å²) in [5, 5.41) is 23.9. The number of carbonyl (C=O) groups excluding carboxylic acids is 1. The molecule has 2 N–H and O–H groups in total. The smallest absolute Gasteiger partial charge is 0.394 e. The average molecular weight is 526 g/mol. The lowest BCUT2D eigenvalue weighted by molar-refractivity contribution is -0.137. The van der Waals surface area contributed by atoms with E-state index in [0.717, 1.165) is 35.0 Å². The lowest BCUT2D eigenvalue weighted by Crippen LogP contribution is -2.33. The molecule has 0 saturated carbocycles. The van der Waals surface area contributed by atoms with Crippen LogP contribution in [0.4, 0.5) is 13.2 Å². The van der Waals surface area contributed by atoms with Gasteiger partial charge in [-0.15, -0.1) is 0 Å². The molecule has 8 nitrogen and oxygen atoms in total. The van der Waals surface area contributed by atoms with E-state index in [-0.39, 0.29) is 23.8 Å². The van der Waals surface area contributed by atoms with Gasteiger partial charge < -0.3 is 15.1 Å². The molecule has 13 heteroatoms. The molecule has 4 rings (SSSR count). The summed E-state index contributed by atoms with van der Waals surface area (Å²) < 4.78 is 40.1. The van der Waals surface area contributed by atoms with Crippen molar-refractivity contribution in [1.82, 2.24) is 19.7 Å². The van der Waals surface area contributed by atoms with Crippen LogP contribution in [0.25, 0.3) is 17.0 Å². The maximum atomic E-state index is 12.8. The van der Waals surface area contributed by atoms with Gasteiger partial charge in [-0.2, -0.15) is 23.3 Å². The first kappa shape index (κ1) is 25.2. The summed E-state index contributed by atoms with van der Waals surface area (Å²) in [6, 6.07) is 6.22. The Kier molecular flexibility index (Phi) is 7.17. The number of hydrogen-bond donors (Lipinski definition) is 2. The van der Waals surface area contributed by atoms with Crippen LogP contribution in [0.2, 0.25) is 5.02 Å². The first-order chi connectivity index (χ1) is 16.5. The molecule has 0 aliphatic carbocycles. The monoisotopic (exact) mass is 525 g/mol. The molecule has 0 spiro atoms. The fourth-order valence-corrected chi connectivity index (χ4v) is 4.48. The number of hydrogen-bond acceptors (Lipinski definition) is 7. The van der Waals surface area contributed by atoms with Gasteiger partial charge in [-0.3, -0.25) is 14.5 Å². The zero-order chi connectivity index (χ0) is 25.3. The number of halogens is 4. The minimum atomic E-state index is -4.53. The minimum Gasteiger partial charge on any atom is -0.394 e. The standard InChI is InChI=1S/C22H19ClF3N5O3S/c1-30(9-15(33)11-32)21-29-20(34)19(35-21)5-12-2-3-18-13(4-12)7-28-31(18)10-17-16(23)6-14(8-27-17)22(24,25)26/h2-8,15,32-33H,9-11H2,1H3/b19-5-. The predicted octanol–water partition coefficient (Wildman–Crippen LogP) is 3.41. The number of pyridine rings is 1. The molecule has 1 amide bonds. The molecule has 1 aromatic carbocycles. The SMILES string of the molecule is CN(CC(O)CO)C1=NC(=O)/C(=C/c2ccc3c(cnn3Cc3ncc(C(F)(F)F)cc3Cl)c2)S1. The van der Waals surface area contributed by atoms with Gasteiger partial charge in [0.1, 0.15) is 0 Å². The zero-order valence-corrected chi connectivity index (χ0v) is 19.8. The van der Waals surface area contributed by atoms with Gasteiger partial charge in [0.25, 0.3) is 5.91 Å². The van der Waals surface area contributed by atoms with Crippen LogP contribution in [-0.2, 0) is 17.5 Å². The lowest BCUT2D eigenvalue weighted by atomic mass is 10.1. The number of nitrogens with zero attached hydrogens (tertiary/aromatic N) is 5. The van der Waals surface area contributed by atoms with Crippen molar-refractivity contribution in [2.24, 2.45) is 4.99 Å². The van der Waals surface area contributed by atoms with Gasteiger partial charge in [0.05, 0.1) is 52.2 Å². The van der Waals surface area contributed by atoms with Crippen LogP contribution >= 0.6 is 23.4 Å². The maximum Gasteiger partial charge on any atom is 0.417 e. The Morgan fingerprint density at radius 3 is 2.74 bits per heavy atom. The Morgan fingerprint density at radius 2 is 2.06 bits per heavy atom. The van der Waals surface area contributed by atoms with Crippen molar-refractivity contribution in [2.45, 2.75) is 18.8 Å². The van der Waals surface area contributed by atoms with E-state index in [9.17, 15) is 23.1 Å². The summed E-state index contributed by atoms with van der Waals surface area (Å²) in [4.78, 5) is 22.2. The molecule has 0 bridgehead atoms. The van der Waals surface area contributed by atoms with E-state index in [2.05, 4.69) is 15.1 Å². The Labute approximate surface area is 206 Å².